The molecule has 19 heavy (non-hydrogen) atoms. The minimum Gasteiger partial charge on any atom is -0.286 e. The lowest BCUT2D eigenvalue weighted by Gasteiger charge is -2.21. The molecule has 1 aromatic carbocycles. The smallest absolute Gasteiger partial charge is 0.278 e. The SMILES string of the molecule is O=C1/C(=C/C=C/c2ccccc2)N=C2SCCCN12. The molecule has 0 atom stereocenters. The number of carbonyl (C=O) groups is 1. The fraction of sp³-hybridized carbons (Fsp3) is 0.200. The van der Waals surface area contributed by atoms with Gasteiger partial charge >= 0.3 is 0 Å². The van der Waals surface area contributed by atoms with E-state index in [1.807, 2.05) is 42.5 Å². The van der Waals surface area contributed by atoms with Crippen molar-refractivity contribution >= 4 is 28.9 Å². The first-order valence-electron chi connectivity index (χ1n) is 6.31. The van der Waals surface area contributed by atoms with Crippen LogP contribution >= 0.6 is 11.8 Å². The number of amides is 1. The van der Waals surface area contributed by atoms with Crippen molar-refractivity contribution in [2.45, 2.75) is 6.42 Å². The molecule has 1 aromatic rings. The van der Waals surface area contributed by atoms with Crippen LogP contribution in [0.3, 0.4) is 0 Å². The molecule has 3 rings (SSSR count). The maximum atomic E-state index is 12.1. The Labute approximate surface area is 116 Å². The summed E-state index contributed by atoms with van der Waals surface area (Å²) in [5.41, 5.74) is 1.65. The van der Waals surface area contributed by atoms with E-state index in [4.69, 9.17) is 0 Å². The molecule has 0 aliphatic carbocycles. The summed E-state index contributed by atoms with van der Waals surface area (Å²) in [6.07, 6.45) is 6.70. The van der Waals surface area contributed by atoms with Crippen molar-refractivity contribution < 1.29 is 4.79 Å². The van der Waals surface area contributed by atoms with E-state index < -0.39 is 0 Å². The van der Waals surface area contributed by atoms with Crippen LogP contribution in [0, 0.1) is 0 Å². The monoisotopic (exact) mass is 270 g/mol. The molecule has 0 radical (unpaired) electrons. The first-order valence-corrected chi connectivity index (χ1v) is 7.30. The number of aliphatic imine (C=N–C) groups is 1. The minimum absolute atomic E-state index is 0.0277. The lowest BCUT2D eigenvalue weighted by Crippen LogP contribution is -2.34. The Kier molecular flexibility index (Phi) is 3.51. The van der Waals surface area contributed by atoms with Crippen molar-refractivity contribution in [3.05, 3.63) is 53.7 Å². The second kappa shape index (κ2) is 5.45. The average Bonchev–Trinajstić information content (AvgIpc) is 2.78. The zero-order valence-corrected chi connectivity index (χ0v) is 11.3. The van der Waals surface area contributed by atoms with Crippen molar-refractivity contribution in [1.82, 2.24) is 4.90 Å². The van der Waals surface area contributed by atoms with Gasteiger partial charge in [-0.05, 0) is 18.1 Å². The van der Waals surface area contributed by atoms with Gasteiger partial charge in [-0.3, -0.25) is 9.69 Å². The van der Waals surface area contributed by atoms with Gasteiger partial charge in [0.15, 0.2) is 5.17 Å². The molecule has 2 aliphatic heterocycles. The molecule has 2 heterocycles. The van der Waals surface area contributed by atoms with Crippen molar-refractivity contribution in [2.24, 2.45) is 4.99 Å². The summed E-state index contributed by atoms with van der Waals surface area (Å²) in [6, 6.07) is 10.0. The number of amidine groups is 1. The number of rotatable bonds is 2. The summed E-state index contributed by atoms with van der Waals surface area (Å²) in [5, 5.41) is 0.857. The predicted molar refractivity (Wildman–Crippen MR) is 79.8 cm³/mol. The van der Waals surface area contributed by atoms with E-state index in [1.54, 1.807) is 22.7 Å². The molecule has 0 aromatic heterocycles. The van der Waals surface area contributed by atoms with Crippen LogP contribution in [0.15, 0.2) is 53.2 Å². The van der Waals surface area contributed by atoms with Crippen LogP contribution in [-0.2, 0) is 4.79 Å². The van der Waals surface area contributed by atoms with E-state index in [0.29, 0.717) is 5.70 Å². The zero-order valence-electron chi connectivity index (χ0n) is 10.5. The zero-order chi connectivity index (χ0) is 13.1. The standard InChI is InChI=1S/C15H14N2OS/c18-14-13(16-15-17(14)10-5-11-19-15)9-4-8-12-6-2-1-3-7-12/h1-4,6-9H,5,10-11H2/b8-4+,13-9-. The maximum absolute atomic E-state index is 12.1. The molecule has 3 nitrogen and oxygen atoms in total. The van der Waals surface area contributed by atoms with Gasteiger partial charge in [0.1, 0.15) is 5.70 Å². The fourth-order valence-corrected chi connectivity index (χ4v) is 3.00. The van der Waals surface area contributed by atoms with Gasteiger partial charge in [0.05, 0.1) is 0 Å². The highest BCUT2D eigenvalue weighted by Crippen LogP contribution is 2.26. The third-order valence-electron chi connectivity index (χ3n) is 3.01. The first kappa shape index (κ1) is 12.2. The third kappa shape index (κ3) is 2.63. The molecule has 1 amide bonds. The summed E-state index contributed by atoms with van der Waals surface area (Å²) in [5.74, 6) is 1.08. The summed E-state index contributed by atoms with van der Waals surface area (Å²) in [7, 11) is 0. The summed E-state index contributed by atoms with van der Waals surface area (Å²) >= 11 is 1.66. The van der Waals surface area contributed by atoms with E-state index in [-0.39, 0.29) is 5.91 Å². The molecule has 0 unspecified atom stereocenters. The number of benzene rings is 1. The van der Waals surface area contributed by atoms with E-state index in [2.05, 4.69) is 4.99 Å². The highest BCUT2D eigenvalue weighted by molar-refractivity contribution is 8.13. The van der Waals surface area contributed by atoms with Gasteiger partial charge < -0.3 is 0 Å². The third-order valence-corrected chi connectivity index (χ3v) is 4.07. The van der Waals surface area contributed by atoms with Crippen LogP contribution < -0.4 is 0 Å². The van der Waals surface area contributed by atoms with Crippen LogP contribution in [0.1, 0.15) is 12.0 Å². The molecule has 2 aliphatic rings. The van der Waals surface area contributed by atoms with Crippen molar-refractivity contribution in [1.29, 1.82) is 0 Å². The average molecular weight is 270 g/mol. The normalized spacial score (nSPS) is 21.1. The molecule has 96 valence electrons. The topological polar surface area (TPSA) is 32.7 Å². The molecule has 0 bridgehead atoms. The van der Waals surface area contributed by atoms with E-state index in [0.717, 1.165) is 29.4 Å². The van der Waals surface area contributed by atoms with Gasteiger partial charge in [-0.25, -0.2) is 4.99 Å². The van der Waals surface area contributed by atoms with E-state index >= 15 is 0 Å². The Bertz CT molecular complexity index is 575. The Hall–Kier alpha value is -1.81. The van der Waals surface area contributed by atoms with Crippen LogP contribution in [-0.4, -0.2) is 28.3 Å². The number of hydrogen-bond acceptors (Lipinski definition) is 3. The number of thioether (sulfide) groups is 1. The lowest BCUT2D eigenvalue weighted by molar-refractivity contribution is -0.122. The van der Waals surface area contributed by atoms with E-state index in [9.17, 15) is 4.79 Å². The maximum Gasteiger partial charge on any atom is 0.278 e. The summed E-state index contributed by atoms with van der Waals surface area (Å²) in [4.78, 5) is 18.2. The predicted octanol–water partition coefficient (Wildman–Crippen LogP) is 2.92. The number of hydrogen-bond donors (Lipinski definition) is 0. The van der Waals surface area contributed by atoms with Gasteiger partial charge in [-0.2, -0.15) is 0 Å². The van der Waals surface area contributed by atoms with Crippen LogP contribution in [0.5, 0.6) is 0 Å². The fourth-order valence-electron chi connectivity index (χ4n) is 2.05. The molecule has 1 fully saturated rings. The van der Waals surface area contributed by atoms with Crippen molar-refractivity contribution in [3.63, 3.8) is 0 Å². The highest BCUT2D eigenvalue weighted by atomic mass is 32.2. The van der Waals surface area contributed by atoms with Gasteiger partial charge in [-0.15, -0.1) is 0 Å². The van der Waals surface area contributed by atoms with Crippen LogP contribution in [0.25, 0.3) is 6.08 Å². The van der Waals surface area contributed by atoms with Crippen molar-refractivity contribution in [2.75, 3.05) is 12.3 Å². The molecular formula is C15H14N2OS. The second-order valence-corrected chi connectivity index (χ2v) is 5.44. The lowest BCUT2D eigenvalue weighted by atomic mass is 10.2. The quantitative estimate of drug-likeness (QED) is 0.774. The first-order chi connectivity index (χ1) is 9.34. The highest BCUT2D eigenvalue weighted by Gasteiger charge is 2.31. The molecule has 4 heteroatoms. The molecule has 1 saturated heterocycles. The second-order valence-electron chi connectivity index (χ2n) is 4.37. The summed E-state index contributed by atoms with van der Waals surface area (Å²) in [6.45, 7) is 0.796. The van der Waals surface area contributed by atoms with E-state index in [1.165, 1.54) is 0 Å². The van der Waals surface area contributed by atoms with Crippen LogP contribution in [0.4, 0.5) is 0 Å². The number of allylic oxidation sites excluding steroid dienone is 2. The van der Waals surface area contributed by atoms with Gasteiger partial charge in [-0.1, -0.05) is 54.2 Å². The molecular weight excluding hydrogens is 256 g/mol. The number of nitrogens with zero attached hydrogens (tertiary/aromatic N) is 2. The van der Waals surface area contributed by atoms with Gasteiger partial charge in [0.25, 0.3) is 5.91 Å². The molecule has 0 saturated carbocycles. The largest absolute Gasteiger partial charge is 0.286 e. The summed E-state index contributed by atoms with van der Waals surface area (Å²) < 4.78 is 0. The van der Waals surface area contributed by atoms with Crippen LogP contribution in [0.2, 0.25) is 0 Å². The van der Waals surface area contributed by atoms with Gasteiger partial charge in [0.2, 0.25) is 0 Å². The minimum atomic E-state index is 0.0277. The van der Waals surface area contributed by atoms with Gasteiger partial charge in [0, 0.05) is 12.3 Å². The Balaban J connectivity index is 1.76. The number of fused-ring (bicyclic) bond motifs is 1. The molecule has 0 spiro atoms. The molecule has 0 N–H and O–H groups in total. The Morgan fingerprint density at radius 2 is 2.11 bits per heavy atom. The Morgan fingerprint density at radius 3 is 2.89 bits per heavy atom. The van der Waals surface area contributed by atoms with Crippen molar-refractivity contribution in [3.8, 4) is 0 Å². The number of carbonyl (C=O) groups excluding carboxylic acids is 1. The Morgan fingerprint density at radius 1 is 1.26 bits per heavy atom.